The van der Waals surface area contributed by atoms with Crippen molar-refractivity contribution in [2.75, 3.05) is 19.6 Å². The van der Waals surface area contributed by atoms with Gasteiger partial charge in [-0.1, -0.05) is 19.9 Å². The number of nitrogens with zero attached hydrogens (tertiary/aromatic N) is 3. The van der Waals surface area contributed by atoms with Gasteiger partial charge in [0.05, 0.1) is 6.54 Å². The van der Waals surface area contributed by atoms with E-state index in [0.29, 0.717) is 12.4 Å². The second-order valence-corrected chi connectivity index (χ2v) is 8.26. The van der Waals surface area contributed by atoms with Gasteiger partial charge < -0.3 is 20.3 Å². The van der Waals surface area contributed by atoms with Crippen LogP contribution in [0, 0.1) is 5.92 Å². The minimum atomic E-state index is 0.0412. The van der Waals surface area contributed by atoms with E-state index in [1.807, 2.05) is 30.9 Å². The number of likely N-dealkylation sites (tertiary alicyclic amines) is 1. The molecule has 0 aromatic carbocycles. The molecular formula is C22H35N5O2. The number of amides is 1. The van der Waals surface area contributed by atoms with Crippen LogP contribution in [-0.4, -0.2) is 53.5 Å². The fraction of sp³-hybridized carbons (Fsp3) is 0.682. The number of ether oxygens (including phenoxy) is 1. The number of nitrogens with one attached hydrogen (secondary N) is 2. The van der Waals surface area contributed by atoms with Crippen LogP contribution in [0.25, 0.3) is 0 Å². The maximum absolute atomic E-state index is 12.2. The number of aliphatic imine (C=N–C) groups is 1. The van der Waals surface area contributed by atoms with E-state index in [2.05, 4.69) is 22.5 Å². The van der Waals surface area contributed by atoms with Crippen molar-refractivity contribution in [3.05, 3.63) is 23.9 Å². The first kappa shape index (κ1) is 21.4. The summed E-state index contributed by atoms with van der Waals surface area (Å²) in [5, 5.41) is 6.80. The highest BCUT2D eigenvalue weighted by atomic mass is 16.5. The highest BCUT2D eigenvalue weighted by molar-refractivity contribution is 5.81. The Morgan fingerprint density at radius 3 is 2.86 bits per heavy atom. The molecule has 3 rings (SSSR count). The van der Waals surface area contributed by atoms with Gasteiger partial charge in [-0.3, -0.25) is 4.79 Å². The molecule has 0 radical (unpaired) electrons. The summed E-state index contributed by atoms with van der Waals surface area (Å²) in [6.45, 7) is 8.78. The zero-order chi connectivity index (χ0) is 20.6. The summed E-state index contributed by atoms with van der Waals surface area (Å²) in [5.41, 5.74) is 1.000. The smallest absolute Gasteiger partial charge is 0.225 e. The van der Waals surface area contributed by atoms with Crippen molar-refractivity contribution in [2.24, 2.45) is 10.9 Å². The molecule has 7 heteroatoms. The van der Waals surface area contributed by atoms with Crippen molar-refractivity contribution in [1.82, 2.24) is 20.5 Å². The topological polar surface area (TPSA) is 78.9 Å². The number of guanidine groups is 1. The number of hydrogen-bond acceptors (Lipinski definition) is 4. The van der Waals surface area contributed by atoms with Crippen LogP contribution in [0.4, 0.5) is 0 Å². The van der Waals surface area contributed by atoms with E-state index in [4.69, 9.17) is 9.73 Å². The third-order valence-corrected chi connectivity index (χ3v) is 5.52. The Morgan fingerprint density at radius 1 is 1.34 bits per heavy atom. The van der Waals surface area contributed by atoms with Gasteiger partial charge in [0.25, 0.3) is 0 Å². The average molecular weight is 402 g/mol. The van der Waals surface area contributed by atoms with E-state index >= 15 is 0 Å². The number of carbonyl (C=O) groups is 1. The first-order valence-electron chi connectivity index (χ1n) is 11.0. The molecule has 1 saturated carbocycles. The van der Waals surface area contributed by atoms with Crippen LogP contribution in [0.15, 0.2) is 23.3 Å². The normalized spacial score (nSPS) is 20.3. The first-order chi connectivity index (χ1) is 14.1. The summed E-state index contributed by atoms with van der Waals surface area (Å²) in [6.07, 6.45) is 7.68. The summed E-state index contributed by atoms with van der Waals surface area (Å²) in [6, 6.07) is 4.18. The predicted octanol–water partition coefficient (Wildman–Crippen LogP) is 2.72. The zero-order valence-electron chi connectivity index (χ0n) is 18.0. The third-order valence-electron chi connectivity index (χ3n) is 5.52. The molecule has 160 valence electrons. The third kappa shape index (κ3) is 6.08. The monoisotopic (exact) mass is 401 g/mol. The van der Waals surface area contributed by atoms with Crippen LogP contribution >= 0.6 is 0 Å². The molecular weight excluding hydrogens is 366 g/mol. The van der Waals surface area contributed by atoms with Gasteiger partial charge in [0.15, 0.2) is 5.96 Å². The molecule has 1 atom stereocenters. The molecule has 0 spiro atoms. The van der Waals surface area contributed by atoms with E-state index in [-0.39, 0.29) is 24.0 Å². The molecule has 7 nitrogen and oxygen atoms in total. The van der Waals surface area contributed by atoms with Gasteiger partial charge in [-0.05, 0) is 45.1 Å². The fourth-order valence-electron chi connectivity index (χ4n) is 3.94. The lowest BCUT2D eigenvalue weighted by Crippen LogP contribution is -2.45. The Bertz CT molecular complexity index is 700. The fourth-order valence-corrected chi connectivity index (χ4v) is 3.94. The van der Waals surface area contributed by atoms with Crippen molar-refractivity contribution in [1.29, 1.82) is 0 Å². The van der Waals surface area contributed by atoms with Crippen LogP contribution < -0.4 is 15.4 Å². The maximum Gasteiger partial charge on any atom is 0.225 e. The van der Waals surface area contributed by atoms with Gasteiger partial charge in [-0.25, -0.2) is 9.98 Å². The number of pyridine rings is 1. The molecule has 2 aliphatic rings. The van der Waals surface area contributed by atoms with E-state index in [0.717, 1.165) is 50.4 Å². The molecule has 29 heavy (non-hydrogen) atoms. The van der Waals surface area contributed by atoms with Crippen molar-refractivity contribution in [3.8, 4) is 5.88 Å². The Labute approximate surface area is 174 Å². The molecule has 1 unspecified atom stereocenters. The minimum absolute atomic E-state index is 0.0412. The molecule has 1 aliphatic heterocycles. The molecule has 1 saturated heterocycles. The van der Waals surface area contributed by atoms with Crippen molar-refractivity contribution in [2.45, 2.75) is 71.6 Å². The molecule has 1 aromatic rings. The summed E-state index contributed by atoms with van der Waals surface area (Å²) in [4.78, 5) is 23.4. The van der Waals surface area contributed by atoms with Crippen LogP contribution in [0.2, 0.25) is 0 Å². The Balaban J connectivity index is 1.60. The van der Waals surface area contributed by atoms with Gasteiger partial charge >= 0.3 is 0 Å². The summed E-state index contributed by atoms with van der Waals surface area (Å²) in [5.74, 6) is 1.74. The van der Waals surface area contributed by atoms with E-state index < -0.39 is 0 Å². The standard InChI is InChI=1S/C22H35N5O2/c1-4-23-22(26-18-11-13-27(15-18)21(28)16(2)3)25-14-17-8-7-12-24-20(17)29-19-9-5-6-10-19/h7-8,12,16,18-19H,4-6,9-11,13-15H2,1-3H3,(H2,23,25,26). The number of carbonyl (C=O) groups excluding carboxylic acids is 1. The van der Waals surface area contributed by atoms with E-state index in [1.54, 1.807) is 6.20 Å². The van der Waals surface area contributed by atoms with Crippen LogP contribution in [0.3, 0.4) is 0 Å². The lowest BCUT2D eigenvalue weighted by Gasteiger charge is -2.20. The zero-order valence-corrected chi connectivity index (χ0v) is 18.0. The lowest BCUT2D eigenvalue weighted by molar-refractivity contribution is -0.133. The predicted molar refractivity (Wildman–Crippen MR) is 115 cm³/mol. The minimum Gasteiger partial charge on any atom is -0.474 e. The number of aromatic nitrogens is 1. The average Bonchev–Trinajstić information content (AvgIpc) is 3.39. The number of rotatable bonds is 7. The van der Waals surface area contributed by atoms with Gasteiger partial charge in [0.2, 0.25) is 11.8 Å². The van der Waals surface area contributed by atoms with Crippen molar-refractivity contribution >= 4 is 11.9 Å². The second kappa shape index (κ2) is 10.5. The summed E-state index contributed by atoms with van der Waals surface area (Å²) < 4.78 is 6.13. The first-order valence-corrected chi connectivity index (χ1v) is 11.0. The highest BCUT2D eigenvalue weighted by Crippen LogP contribution is 2.25. The molecule has 2 N–H and O–H groups in total. The van der Waals surface area contributed by atoms with Crippen LogP contribution in [-0.2, 0) is 11.3 Å². The van der Waals surface area contributed by atoms with Gasteiger partial charge in [0.1, 0.15) is 6.10 Å². The van der Waals surface area contributed by atoms with Gasteiger partial charge in [-0.2, -0.15) is 0 Å². The molecule has 2 heterocycles. The summed E-state index contributed by atoms with van der Waals surface area (Å²) >= 11 is 0. The molecule has 0 bridgehead atoms. The van der Waals surface area contributed by atoms with Crippen LogP contribution in [0.1, 0.15) is 58.4 Å². The molecule has 1 amide bonds. The number of hydrogen-bond donors (Lipinski definition) is 2. The highest BCUT2D eigenvalue weighted by Gasteiger charge is 2.28. The van der Waals surface area contributed by atoms with Crippen LogP contribution in [0.5, 0.6) is 5.88 Å². The van der Waals surface area contributed by atoms with E-state index in [1.165, 1.54) is 12.8 Å². The Morgan fingerprint density at radius 2 is 2.14 bits per heavy atom. The molecule has 1 aliphatic carbocycles. The maximum atomic E-state index is 12.2. The van der Waals surface area contributed by atoms with Crippen molar-refractivity contribution < 1.29 is 9.53 Å². The van der Waals surface area contributed by atoms with Crippen molar-refractivity contribution in [3.63, 3.8) is 0 Å². The summed E-state index contributed by atoms with van der Waals surface area (Å²) in [7, 11) is 0. The van der Waals surface area contributed by atoms with Gasteiger partial charge in [0, 0.05) is 43.4 Å². The molecule has 2 fully saturated rings. The quantitative estimate of drug-likeness (QED) is 0.543. The molecule has 1 aromatic heterocycles. The largest absolute Gasteiger partial charge is 0.474 e. The SMILES string of the molecule is CCNC(=NCc1cccnc1OC1CCCC1)NC1CCN(C(=O)C(C)C)C1. The van der Waals surface area contributed by atoms with Gasteiger partial charge in [-0.15, -0.1) is 0 Å². The Kier molecular flexibility index (Phi) is 7.72. The lowest BCUT2D eigenvalue weighted by atomic mass is 10.2. The second-order valence-electron chi connectivity index (χ2n) is 8.26. The van der Waals surface area contributed by atoms with E-state index in [9.17, 15) is 4.79 Å². The Hall–Kier alpha value is -2.31.